The minimum atomic E-state index is -4.11. The van der Waals surface area contributed by atoms with Crippen LogP contribution in [-0.2, 0) is 24.8 Å². The molecule has 0 aromatic heterocycles. The van der Waals surface area contributed by atoms with Gasteiger partial charge in [0.15, 0.2) is 0 Å². The topological polar surface area (TPSA) is 185 Å². The molecule has 4 rings (SSSR count). The van der Waals surface area contributed by atoms with Crippen LogP contribution < -0.4 is 20.9 Å². The van der Waals surface area contributed by atoms with Crippen molar-refractivity contribution in [2.24, 2.45) is 10.9 Å². The number of amides is 1. The Morgan fingerprint density at radius 3 is 2.21 bits per heavy atom. The van der Waals surface area contributed by atoms with Crippen LogP contribution in [-0.4, -0.2) is 45.6 Å². The van der Waals surface area contributed by atoms with Gasteiger partial charge in [-0.15, -0.1) is 0 Å². The van der Waals surface area contributed by atoms with Crippen molar-refractivity contribution in [3.63, 3.8) is 0 Å². The molecule has 0 spiro atoms. The zero-order valence-corrected chi connectivity index (χ0v) is 22.6. The molecular formula is C25H27N5O5S3. The molecule has 0 unspecified atom stereocenters. The number of hydrogen-bond donors (Lipinski definition) is 5. The van der Waals surface area contributed by atoms with Gasteiger partial charge in [-0.2, -0.15) is 16.5 Å². The number of anilines is 1. The van der Waals surface area contributed by atoms with E-state index in [9.17, 15) is 21.6 Å². The smallest absolute Gasteiger partial charge is 0.245 e. The molecular weight excluding hydrogens is 547 g/mol. The molecule has 7 N–H and O–H groups in total. The van der Waals surface area contributed by atoms with Crippen LogP contribution in [0.15, 0.2) is 82.6 Å². The highest BCUT2D eigenvalue weighted by atomic mass is 32.2. The molecule has 0 bridgehead atoms. The first-order valence-corrected chi connectivity index (χ1v) is 15.7. The zero-order valence-electron chi connectivity index (χ0n) is 20.2. The van der Waals surface area contributed by atoms with Crippen LogP contribution in [0.4, 0.5) is 5.69 Å². The fourth-order valence-corrected chi connectivity index (χ4v) is 7.60. The van der Waals surface area contributed by atoms with Gasteiger partial charge in [0.25, 0.3) is 0 Å². The largest absolute Gasteiger partial charge is 0.384 e. The zero-order chi connectivity index (χ0) is 27.6. The molecule has 1 saturated heterocycles. The Kier molecular flexibility index (Phi) is 7.95. The van der Waals surface area contributed by atoms with Gasteiger partial charge in [-0.05, 0) is 60.2 Å². The summed E-state index contributed by atoms with van der Waals surface area (Å²) in [7, 11) is -8.05. The number of sulfonamides is 2. The number of nitrogens with two attached hydrogens (primary N) is 2. The summed E-state index contributed by atoms with van der Waals surface area (Å²) < 4.78 is 53.1. The number of carbonyl (C=O) groups is 1. The van der Waals surface area contributed by atoms with Crippen molar-refractivity contribution in [3.8, 4) is 11.1 Å². The fourth-order valence-electron chi connectivity index (χ4n) is 4.18. The van der Waals surface area contributed by atoms with Crippen molar-refractivity contribution in [1.82, 2.24) is 4.72 Å². The Morgan fingerprint density at radius 2 is 1.58 bits per heavy atom. The van der Waals surface area contributed by atoms with E-state index in [0.717, 1.165) is 0 Å². The normalized spacial score (nSPS) is 15.5. The maximum atomic E-state index is 13.5. The minimum absolute atomic E-state index is 0.0151. The average molecular weight is 574 g/mol. The Bertz CT molecular complexity index is 1580. The lowest BCUT2D eigenvalue weighted by Gasteiger charge is -2.36. The average Bonchev–Trinajstić information content (AvgIpc) is 2.89. The van der Waals surface area contributed by atoms with Gasteiger partial charge in [-0.1, -0.05) is 42.5 Å². The van der Waals surface area contributed by atoms with E-state index in [0.29, 0.717) is 28.3 Å². The number of nitrogen functional groups attached to an aromatic ring is 1. The van der Waals surface area contributed by atoms with E-state index in [1.807, 2.05) is 0 Å². The Morgan fingerprint density at radius 1 is 0.921 bits per heavy atom. The lowest BCUT2D eigenvalue weighted by atomic mass is 9.92. The highest BCUT2D eigenvalue weighted by Gasteiger charge is 2.43. The fraction of sp³-hybridized carbons (Fsp3) is 0.200. The summed E-state index contributed by atoms with van der Waals surface area (Å²) in [6.45, 7) is 0. The molecule has 0 saturated carbocycles. The van der Waals surface area contributed by atoms with E-state index < -0.39 is 31.5 Å². The van der Waals surface area contributed by atoms with Crippen LogP contribution in [0.1, 0.15) is 18.4 Å². The maximum Gasteiger partial charge on any atom is 0.245 e. The molecule has 1 heterocycles. The molecule has 38 heavy (non-hydrogen) atoms. The lowest BCUT2D eigenvalue weighted by Crippen LogP contribution is -2.58. The molecule has 1 amide bonds. The van der Waals surface area contributed by atoms with Gasteiger partial charge < -0.3 is 11.1 Å². The predicted molar refractivity (Wildman–Crippen MR) is 149 cm³/mol. The van der Waals surface area contributed by atoms with Crippen molar-refractivity contribution in [2.45, 2.75) is 28.2 Å². The van der Waals surface area contributed by atoms with Crippen LogP contribution in [0.5, 0.6) is 0 Å². The molecule has 200 valence electrons. The van der Waals surface area contributed by atoms with E-state index in [4.69, 9.17) is 16.3 Å². The van der Waals surface area contributed by atoms with E-state index in [1.54, 1.807) is 54.2 Å². The molecule has 3 aromatic carbocycles. The Balaban J connectivity index is 1.59. The summed E-state index contributed by atoms with van der Waals surface area (Å²) in [4.78, 5) is 13.4. The van der Waals surface area contributed by atoms with Crippen molar-refractivity contribution >= 4 is 49.2 Å². The van der Waals surface area contributed by atoms with Crippen LogP contribution in [0.25, 0.3) is 11.1 Å². The molecule has 13 heteroatoms. The molecule has 1 aliphatic rings. The number of benzene rings is 3. The number of amidine groups is 1. The lowest BCUT2D eigenvalue weighted by molar-refractivity contribution is -0.122. The van der Waals surface area contributed by atoms with Gasteiger partial charge in [0.05, 0.1) is 9.79 Å². The summed E-state index contributed by atoms with van der Waals surface area (Å²) in [5.41, 5.74) is 5.82. The van der Waals surface area contributed by atoms with E-state index in [-0.39, 0.29) is 34.0 Å². The molecule has 0 radical (unpaired) electrons. The standard InChI is InChI=1S/C25H27N5O5S3/c26-23(27)18-4-3-5-20(16-18)38(34,35)30-25(12-14-36-15-13-25)24(31)29-19-10-8-17(9-11-19)21-6-1-2-7-22(21)37(28,32)33/h1-11,16,30H,12-15H2,(H3,26,27)(H,29,31)(H2,28,32,33). The van der Waals surface area contributed by atoms with E-state index in [1.165, 1.54) is 30.3 Å². The third kappa shape index (κ3) is 6.08. The molecule has 0 aliphatic carbocycles. The third-order valence-corrected chi connectivity index (χ3v) is 9.70. The van der Waals surface area contributed by atoms with E-state index >= 15 is 0 Å². The van der Waals surface area contributed by atoms with Crippen molar-refractivity contribution in [3.05, 3.63) is 78.4 Å². The van der Waals surface area contributed by atoms with Gasteiger partial charge in [-0.25, -0.2) is 22.0 Å². The van der Waals surface area contributed by atoms with Crippen LogP contribution in [0.3, 0.4) is 0 Å². The van der Waals surface area contributed by atoms with Crippen molar-refractivity contribution < 1.29 is 21.6 Å². The third-order valence-electron chi connectivity index (χ3n) is 6.21. The molecule has 10 nitrogen and oxygen atoms in total. The van der Waals surface area contributed by atoms with Crippen molar-refractivity contribution in [2.75, 3.05) is 16.8 Å². The summed E-state index contributed by atoms with van der Waals surface area (Å²) in [5, 5.41) is 15.7. The quantitative estimate of drug-likeness (QED) is 0.202. The first-order valence-electron chi connectivity index (χ1n) is 11.5. The second kappa shape index (κ2) is 10.9. The predicted octanol–water partition coefficient (Wildman–Crippen LogP) is 2.47. The number of nitrogens with one attached hydrogen (secondary N) is 3. The van der Waals surface area contributed by atoms with Gasteiger partial charge in [-0.3, -0.25) is 10.2 Å². The van der Waals surface area contributed by atoms with Gasteiger partial charge >= 0.3 is 0 Å². The number of thioether (sulfide) groups is 1. The SMILES string of the molecule is N=C(N)c1cccc(S(=O)(=O)NC2(C(=O)Nc3ccc(-c4ccccc4S(N)(=O)=O)cc3)CCSCC2)c1. The Hall–Kier alpha value is -3.23. The molecule has 1 fully saturated rings. The van der Waals surface area contributed by atoms with Crippen LogP contribution >= 0.6 is 11.8 Å². The highest BCUT2D eigenvalue weighted by Crippen LogP contribution is 2.32. The van der Waals surface area contributed by atoms with Gasteiger partial charge in [0.1, 0.15) is 11.4 Å². The van der Waals surface area contributed by atoms with Crippen LogP contribution in [0, 0.1) is 5.41 Å². The monoisotopic (exact) mass is 573 g/mol. The van der Waals surface area contributed by atoms with Gasteiger partial charge in [0, 0.05) is 16.8 Å². The number of rotatable bonds is 8. The second-order valence-corrected chi connectivity index (χ2v) is 13.3. The molecule has 1 aliphatic heterocycles. The second-order valence-electron chi connectivity index (χ2n) is 8.81. The van der Waals surface area contributed by atoms with Gasteiger partial charge in [0.2, 0.25) is 26.0 Å². The van der Waals surface area contributed by atoms with E-state index in [2.05, 4.69) is 10.0 Å². The van der Waals surface area contributed by atoms with Crippen molar-refractivity contribution in [1.29, 1.82) is 5.41 Å². The molecule has 3 aromatic rings. The number of hydrogen-bond acceptors (Lipinski definition) is 7. The summed E-state index contributed by atoms with van der Waals surface area (Å²) in [6.07, 6.45) is 0.573. The first kappa shape index (κ1) is 27.8. The summed E-state index contributed by atoms with van der Waals surface area (Å²) >= 11 is 1.63. The highest BCUT2D eigenvalue weighted by molar-refractivity contribution is 7.99. The number of carbonyl (C=O) groups excluding carboxylic acids is 1. The molecule has 0 atom stereocenters. The summed E-state index contributed by atoms with van der Waals surface area (Å²) in [6, 6.07) is 18.6. The van der Waals surface area contributed by atoms with Crippen LogP contribution in [0.2, 0.25) is 0 Å². The maximum absolute atomic E-state index is 13.5. The minimum Gasteiger partial charge on any atom is -0.384 e. The summed E-state index contributed by atoms with van der Waals surface area (Å²) in [5.74, 6) is 0.417. The first-order chi connectivity index (χ1) is 17.9. The Labute approximate surface area is 225 Å². The number of primary sulfonamides is 1.